The molecular weight excluding hydrogens is 220 g/mol. The van der Waals surface area contributed by atoms with Gasteiger partial charge in [0.05, 0.1) is 18.0 Å². The van der Waals surface area contributed by atoms with E-state index in [9.17, 15) is 9.59 Å². The fraction of sp³-hybridized carbons (Fsp3) is 0.833. The van der Waals surface area contributed by atoms with Gasteiger partial charge < -0.3 is 10.0 Å². The van der Waals surface area contributed by atoms with Gasteiger partial charge in [0.15, 0.2) is 0 Å². The molecule has 96 valence electrons. The third-order valence-electron chi connectivity index (χ3n) is 3.62. The molecule has 1 amide bonds. The molecule has 0 aromatic carbocycles. The number of likely N-dealkylation sites (N-methyl/N-ethyl adjacent to an activating group) is 1. The molecule has 1 N–H and O–H groups in total. The molecule has 1 unspecified atom stereocenters. The highest BCUT2D eigenvalue weighted by molar-refractivity contribution is 5.88. The highest BCUT2D eigenvalue weighted by atomic mass is 16.4. The Morgan fingerprint density at radius 2 is 2.06 bits per heavy atom. The van der Waals surface area contributed by atoms with Crippen molar-refractivity contribution in [1.82, 2.24) is 9.80 Å². The van der Waals surface area contributed by atoms with E-state index in [-0.39, 0.29) is 17.9 Å². The molecule has 0 aromatic heterocycles. The van der Waals surface area contributed by atoms with E-state index in [1.165, 1.54) is 0 Å². The summed E-state index contributed by atoms with van der Waals surface area (Å²) in [4.78, 5) is 27.0. The van der Waals surface area contributed by atoms with Crippen LogP contribution in [0.4, 0.5) is 0 Å². The summed E-state index contributed by atoms with van der Waals surface area (Å²) in [5.41, 5.74) is -0.192. The molecule has 1 heterocycles. The summed E-state index contributed by atoms with van der Waals surface area (Å²) in [6.07, 6.45) is 2.01. The van der Waals surface area contributed by atoms with Gasteiger partial charge in [-0.05, 0) is 33.7 Å². The quantitative estimate of drug-likeness (QED) is 0.782. The van der Waals surface area contributed by atoms with E-state index in [1.807, 2.05) is 16.8 Å². The van der Waals surface area contributed by atoms with Gasteiger partial charge in [-0.15, -0.1) is 0 Å². The van der Waals surface area contributed by atoms with Crippen LogP contribution in [0.25, 0.3) is 0 Å². The van der Waals surface area contributed by atoms with Gasteiger partial charge >= 0.3 is 5.97 Å². The lowest BCUT2D eigenvalue weighted by molar-refractivity contribution is -0.156. The van der Waals surface area contributed by atoms with Crippen molar-refractivity contribution in [2.45, 2.75) is 50.7 Å². The van der Waals surface area contributed by atoms with E-state index in [4.69, 9.17) is 5.11 Å². The monoisotopic (exact) mass is 240 g/mol. The Hall–Kier alpha value is -1.10. The second kappa shape index (κ2) is 3.98. The maximum atomic E-state index is 12.4. The molecule has 1 saturated carbocycles. The van der Waals surface area contributed by atoms with Crippen molar-refractivity contribution < 1.29 is 14.7 Å². The third-order valence-corrected chi connectivity index (χ3v) is 3.62. The van der Waals surface area contributed by atoms with Crippen molar-refractivity contribution in [3.8, 4) is 0 Å². The first-order valence-corrected chi connectivity index (χ1v) is 6.08. The zero-order chi connectivity index (χ0) is 12.8. The Labute approximate surface area is 101 Å². The molecule has 17 heavy (non-hydrogen) atoms. The number of aliphatic carboxylic acids is 1. The zero-order valence-electron chi connectivity index (χ0n) is 10.6. The van der Waals surface area contributed by atoms with Gasteiger partial charge in [0, 0.05) is 12.6 Å². The van der Waals surface area contributed by atoms with Crippen molar-refractivity contribution in [3.05, 3.63) is 0 Å². The first kappa shape index (κ1) is 12.4. The highest BCUT2D eigenvalue weighted by Crippen LogP contribution is 2.37. The molecule has 1 aliphatic heterocycles. The van der Waals surface area contributed by atoms with E-state index in [0.29, 0.717) is 6.04 Å². The number of hydrogen-bond donors (Lipinski definition) is 1. The summed E-state index contributed by atoms with van der Waals surface area (Å²) in [5.74, 6) is -0.931. The molecule has 1 atom stereocenters. The predicted octanol–water partition coefficient (Wildman–Crippen LogP) is 0.545. The fourth-order valence-corrected chi connectivity index (χ4v) is 2.86. The van der Waals surface area contributed by atoms with Gasteiger partial charge in [0.25, 0.3) is 0 Å². The number of carbonyl (C=O) groups is 2. The summed E-state index contributed by atoms with van der Waals surface area (Å²) < 4.78 is 0. The molecule has 2 fully saturated rings. The molecule has 0 aromatic rings. The van der Waals surface area contributed by atoms with Gasteiger partial charge in [0.2, 0.25) is 5.91 Å². The van der Waals surface area contributed by atoms with Crippen LogP contribution in [0.5, 0.6) is 0 Å². The van der Waals surface area contributed by atoms with Crippen molar-refractivity contribution in [1.29, 1.82) is 0 Å². The normalized spacial score (nSPS) is 29.5. The zero-order valence-corrected chi connectivity index (χ0v) is 10.6. The highest BCUT2D eigenvalue weighted by Gasteiger charge is 2.49. The Bertz CT molecular complexity index is 350. The maximum Gasteiger partial charge on any atom is 0.305 e. The van der Waals surface area contributed by atoms with Crippen LogP contribution < -0.4 is 0 Å². The molecular formula is C12H20N2O3. The van der Waals surface area contributed by atoms with Crippen LogP contribution in [0.1, 0.15) is 33.1 Å². The van der Waals surface area contributed by atoms with Crippen molar-refractivity contribution in [2.75, 3.05) is 13.6 Å². The Morgan fingerprint density at radius 1 is 1.47 bits per heavy atom. The van der Waals surface area contributed by atoms with Gasteiger partial charge in [-0.3, -0.25) is 14.5 Å². The van der Waals surface area contributed by atoms with Crippen LogP contribution in [-0.2, 0) is 9.59 Å². The summed E-state index contributed by atoms with van der Waals surface area (Å²) in [6, 6.07) is -0.163. The summed E-state index contributed by atoms with van der Waals surface area (Å²) in [5, 5.41) is 8.87. The minimum absolute atomic E-state index is 0.0198. The van der Waals surface area contributed by atoms with Crippen LogP contribution >= 0.6 is 0 Å². The number of nitrogens with zero attached hydrogens (tertiary/aromatic N) is 2. The molecule has 1 aliphatic carbocycles. The van der Waals surface area contributed by atoms with Gasteiger partial charge in [-0.1, -0.05) is 0 Å². The molecule has 5 nitrogen and oxygen atoms in total. The molecule has 0 spiro atoms. The molecule has 0 bridgehead atoms. The van der Waals surface area contributed by atoms with E-state index < -0.39 is 12.0 Å². The van der Waals surface area contributed by atoms with Crippen LogP contribution in [0.2, 0.25) is 0 Å². The van der Waals surface area contributed by atoms with Gasteiger partial charge in [-0.25, -0.2) is 0 Å². The van der Waals surface area contributed by atoms with Crippen molar-refractivity contribution in [2.24, 2.45) is 0 Å². The largest absolute Gasteiger partial charge is 0.481 e. The minimum Gasteiger partial charge on any atom is -0.481 e. The van der Waals surface area contributed by atoms with E-state index in [2.05, 4.69) is 13.8 Å². The number of carbonyl (C=O) groups excluding carboxylic acids is 1. The lowest BCUT2D eigenvalue weighted by Crippen LogP contribution is -2.66. The molecule has 0 radical (unpaired) electrons. The Kier molecular flexibility index (Phi) is 2.89. The average molecular weight is 240 g/mol. The number of carboxylic acid groups (broad SMARTS) is 1. The second-order valence-corrected chi connectivity index (χ2v) is 5.78. The van der Waals surface area contributed by atoms with Crippen LogP contribution in [0.15, 0.2) is 0 Å². The Morgan fingerprint density at radius 3 is 2.53 bits per heavy atom. The van der Waals surface area contributed by atoms with E-state index in [0.717, 1.165) is 19.4 Å². The number of carboxylic acids is 1. The Balaban J connectivity index is 2.20. The minimum atomic E-state index is -0.911. The summed E-state index contributed by atoms with van der Waals surface area (Å²) in [6.45, 7) is 4.83. The predicted molar refractivity (Wildman–Crippen MR) is 62.6 cm³/mol. The number of piperazine rings is 1. The first-order valence-electron chi connectivity index (χ1n) is 6.08. The van der Waals surface area contributed by atoms with E-state index in [1.54, 1.807) is 0 Å². The van der Waals surface area contributed by atoms with Crippen molar-refractivity contribution >= 4 is 11.9 Å². The molecule has 2 rings (SSSR count). The number of rotatable bonds is 3. The van der Waals surface area contributed by atoms with Crippen molar-refractivity contribution in [3.63, 3.8) is 0 Å². The average Bonchev–Trinajstić information content (AvgIpc) is 2.94. The standard InChI is InChI=1S/C12H20N2O3/c1-12(2)7-13(3)9(6-10(15)16)11(17)14(12)8-4-5-8/h8-9H,4-7H2,1-3H3,(H,15,16). The first-order chi connectivity index (χ1) is 7.83. The molecule has 2 aliphatic rings. The second-order valence-electron chi connectivity index (χ2n) is 5.78. The van der Waals surface area contributed by atoms with E-state index >= 15 is 0 Å². The summed E-state index contributed by atoms with van der Waals surface area (Å²) >= 11 is 0. The lowest BCUT2D eigenvalue weighted by Gasteiger charge is -2.49. The molecule has 5 heteroatoms. The maximum absolute atomic E-state index is 12.4. The molecule has 1 saturated heterocycles. The van der Waals surface area contributed by atoms with Crippen LogP contribution in [0.3, 0.4) is 0 Å². The number of hydrogen-bond acceptors (Lipinski definition) is 3. The number of amides is 1. The smallest absolute Gasteiger partial charge is 0.305 e. The lowest BCUT2D eigenvalue weighted by atomic mass is 9.93. The van der Waals surface area contributed by atoms with Gasteiger partial charge in [-0.2, -0.15) is 0 Å². The summed E-state index contributed by atoms with van der Waals surface area (Å²) in [7, 11) is 1.83. The topological polar surface area (TPSA) is 60.9 Å². The van der Waals surface area contributed by atoms with Gasteiger partial charge in [0.1, 0.15) is 0 Å². The third kappa shape index (κ3) is 2.29. The van der Waals surface area contributed by atoms with Crippen LogP contribution in [0, 0.1) is 0 Å². The fourth-order valence-electron chi connectivity index (χ4n) is 2.86. The van der Waals surface area contributed by atoms with Crippen LogP contribution in [-0.4, -0.2) is 58.0 Å². The SMILES string of the molecule is CN1CC(C)(C)N(C2CC2)C(=O)C1CC(=O)O.